The summed E-state index contributed by atoms with van der Waals surface area (Å²) >= 11 is 1.99. The van der Waals surface area contributed by atoms with Gasteiger partial charge < -0.3 is 0 Å². The number of fused-ring (bicyclic) bond motifs is 1. The molecule has 0 saturated carbocycles. The molecule has 0 spiro atoms. The smallest absolute Gasteiger partial charge is 0.164 e. The first-order valence-electron chi connectivity index (χ1n) is 5.36. The molecule has 3 rings (SSSR count). The van der Waals surface area contributed by atoms with Crippen molar-refractivity contribution < 1.29 is 0 Å². The van der Waals surface area contributed by atoms with Crippen LogP contribution in [0.3, 0.4) is 0 Å². The van der Waals surface area contributed by atoms with Gasteiger partial charge in [-0.25, -0.2) is 9.50 Å². The lowest BCUT2D eigenvalue weighted by atomic mass is 10.2. The Morgan fingerprint density at radius 1 is 1.33 bits per heavy atom. The van der Waals surface area contributed by atoms with E-state index in [-0.39, 0.29) is 0 Å². The molecule has 15 heavy (non-hydrogen) atoms. The van der Waals surface area contributed by atoms with Crippen molar-refractivity contribution in [3.05, 3.63) is 30.2 Å². The van der Waals surface area contributed by atoms with Crippen LogP contribution in [0.25, 0.3) is 5.65 Å². The Balaban J connectivity index is 1.96. The lowest BCUT2D eigenvalue weighted by molar-refractivity contribution is 0.661. The second-order valence-corrected chi connectivity index (χ2v) is 5.14. The summed E-state index contributed by atoms with van der Waals surface area (Å²) in [6.07, 6.45) is 5.84. The lowest BCUT2D eigenvalue weighted by Crippen LogP contribution is -2.04. The van der Waals surface area contributed by atoms with Crippen molar-refractivity contribution >= 4 is 17.4 Å². The van der Waals surface area contributed by atoms with Gasteiger partial charge in [0.2, 0.25) is 0 Å². The molecule has 1 fully saturated rings. The molecular formula is C11H13N3S. The highest BCUT2D eigenvalue weighted by Crippen LogP contribution is 2.36. The number of thioether (sulfide) groups is 1. The summed E-state index contributed by atoms with van der Waals surface area (Å²) in [5.41, 5.74) is 0.957. The molecule has 3 heterocycles. The van der Waals surface area contributed by atoms with Crippen LogP contribution < -0.4 is 0 Å². The minimum atomic E-state index is 0.513. The highest BCUT2D eigenvalue weighted by Gasteiger charge is 2.20. The Hall–Kier alpha value is -1.03. The first kappa shape index (κ1) is 9.21. The zero-order chi connectivity index (χ0) is 10.1. The Labute approximate surface area is 92.9 Å². The van der Waals surface area contributed by atoms with Crippen LogP contribution in [0.2, 0.25) is 0 Å². The average molecular weight is 219 g/mol. The van der Waals surface area contributed by atoms with Crippen LogP contribution in [-0.4, -0.2) is 20.4 Å². The zero-order valence-electron chi connectivity index (χ0n) is 8.47. The van der Waals surface area contributed by atoms with Gasteiger partial charge in [0.15, 0.2) is 11.5 Å². The molecule has 1 aliphatic heterocycles. The molecule has 0 bridgehead atoms. The summed E-state index contributed by atoms with van der Waals surface area (Å²) in [6, 6.07) is 5.99. The number of pyridine rings is 1. The third-order valence-corrected chi connectivity index (χ3v) is 4.10. The van der Waals surface area contributed by atoms with Crippen molar-refractivity contribution in [3.63, 3.8) is 0 Å². The number of aromatic nitrogens is 3. The third-order valence-electron chi connectivity index (χ3n) is 2.73. The number of hydrogen-bond acceptors (Lipinski definition) is 3. The highest BCUT2D eigenvalue weighted by atomic mass is 32.2. The van der Waals surface area contributed by atoms with E-state index in [1.165, 1.54) is 25.0 Å². The van der Waals surface area contributed by atoms with Crippen LogP contribution >= 0.6 is 11.8 Å². The van der Waals surface area contributed by atoms with Crippen LogP contribution in [0.1, 0.15) is 30.3 Å². The van der Waals surface area contributed by atoms with E-state index in [1.54, 1.807) is 0 Å². The second-order valence-electron chi connectivity index (χ2n) is 3.83. The van der Waals surface area contributed by atoms with Gasteiger partial charge in [-0.15, -0.1) is 0 Å². The molecule has 78 valence electrons. The van der Waals surface area contributed by atoms with E-state index in [4.69, 9.17) is 0 Å². The van der Waals surface area contributed by atoms with Crippen molar-refractivity contribution in [2.75, 3.05) is 5.75 Å². The summed E-state index contributed by atoms with van der Waals surface area (Å²) in [6.45, 7) is 0. The molecule has 1 atom stereocenters. The molecule has 0 aromatic carbocycles. The molecule has 1 aliphatic rings. The second kappa shape index (κ2) is 3.85. The predicted molar refractivity (Wildman–Crippen MR) is 62.0 cm³/mol. The molecule has 1 unspecified atom stereocenters. The quantitative estimate of drug-likeness (QED) is 0.738. The van der Waals surface area contributed by atoms with Crippen molar-refractivity contribution in [1.29, 1.82) is 0 Å². The molecule has 4 heteroatoms. The van der Waals surface area contributed by atoms with E-state index in [0.29, 0.717) is 5.25 Å². The van der Waals surface area contributed by atoms with Gasteiger partial charge in [-0.05, 0) is 30.7 Å². The molecule has 3 nitrogen and oxygen atoms in total. The minimum Gasteiger partial charge on any atom is -0.221 e. The third kappa shape index (κ3) is 1.74. The van der Waals surface area contributed by atoms with Gasteiger partial charge in [0.05, 0.1) is 5.25 Å². The van der Waals surface area contributed by atoms with Crippen LogP contribution in [0.4, 0.5) is 0 Å². The van der Waals surface area contributed by atoms with Gasteiger partial charge in [-0.1, -0.05) is 12.5 Å². The van der Waals surface area contributed by atoms with Gasteiger partial charge in [0.1, 0.15) is 0 Å². The van der Waals surface area contributed by atoms with E-state index < -0.39 is 0 Å². The molecule has 0 aliphatic carbocycles. The molecule has 0 radical (unpaired) electrons. The zero-order valence-corrected chi connectivity index (χ0v) is 9.28. The molecule has 2 aromatic heterocycles. The largest absolute Gasteiger partial charge is 0.221 e. The number of nitrogens with zero attached hydrogens (tertiary/aromatic N) is 3. The van der Waals surface area contributed by atoms with Gasteiger partial charge in [0.25, 0.3) is 0 Å². The highest BCUT2D eigenvalue weighted by molar-refractivity contribution is 7.99. The Morgan fingerprint density at radius 3 is 3.13 bits per heavy atom. The van der Waals surface area contributed by atoms with E-state index in [1.807, 2.05) is 40.7 Å². The lowest BCUT2D eigenvalue weighted by Gasteiger charge is -2.17. The standard InChI is InChI=1S/C11H13N3S/c1-3-7-14-10(6-1)12-11(13-14)9-5-2-4-8-15-9/h1,3,6-7,9H,2,4-5,8H2. The Kier molecular flexibility index (Phi) is 2.37. The first-order valence-corrected chi connectivity index (χ1v) is 6.41. The van der Waals surface area contributed by atoms with E-state index in [2.05, 4.69) is 10.1 Å². The monoisotopic (exact) mass is 219 g/mol. The fraction of sp³-hybridized carbons (Fsp3) is 0.455. The van der Waals surface area contributed by atoms with Crippen molar-refractivity contribution in [1.82, 2.24) is 14.6 Å². The summed E-state index contributed by atoms with van der Waals surface area (Å²) in [4.78, 5) is 4.57. The maximum atomic E-state index is 4.57. The van der Waals surface area contributed by atoms with Crippen LogP contribution in [0.15, 0.2) is 24.4 Å². The van der Waals surface area contributed by atoms with Gasteiger partial charge >= 0.3 is 0 Å². The summed E-state index contributed by atoms with van der Waals surface area (Å²) in [5.74, 6) is 2.26. The van der Waals surface area contributed by atoms with E-state index in [9.17, 15) is 0 Å². The Morgan fingerprint density at radius 2 is 2.33 bits per heavy atom. The van der Waals surface area contributed by atoms with E-state index >= 15 is 0 Å². The SMILES string of the molecule is c1ccn2nc(C3CCCCS3)nc2c1. The van der Waals surface area contributed by atoms with Crippen molar-refractivity contribution in [2.45, 2.75) is 24.5 Å². The maximum absolute atomic E-state index is 4.57. The molecular weight excluding hydrogens is 206 g/mol. The number of hydrogen-bond donors (Lipinski definition) is 0. The maximum Gasteiger partial charge on any atom is 0.164 e. The van der Waals surface area contributed by atoms with Crippen LogP contribution in [0.5, 0.6) is 0 Å². The minimum absolute atomic E-state index is 0.513. The fourth-order valence-electron chi connectivity index (χ4n) is 1.93. The normalized spacial score (nSPS) is 22.0. The van der Waals surface area contributed by atoms with Crippen LogP contribution in [0, 0.1) is 0 Å². The number of rotatable bonds is 1. The molecule has 2 aromatic rings. The predicted octanol–water partition coefficient (Wildman–Crippen LogP) is 2.69. The molecule has 0 amide bonds. The van der Waals surface area contributed by atoms with Gasteiger partial charge in [-0.3, -0.25) is 0 Å². The fourth-order valence-corrected chi connectivity index (χ4v) is 3.17. The molecule has 0 N–H and O–H groups in total. The summed E-state index contributed by atoms with van der Waals surface area (Å²) in [5, 5.41) is 5.03. The Bertz CT molecular complexity index is 427. The van der Waals surface area contributed by atoms with E-state index in [0.717, 1.165) is 11.5 Å². The summed E-state index contributed by atoms with van der Waals surface area (Å²) in [7, 11) is 0. The average Bonchev–Trinajstić information content (AvgIpc) is 2.74. The topological polar surface area (TPSA) is 30.2 Å². The first-order chi connectivity index (χ1) is 7.43. The summed E-state index contributed by atoms with van der Waals surface area (Å²) < 4.78 is 1.87. The molecule has 1 saturated heterocycles. The van der Waals surface area contributed by atoms with Gasteiger partial charge in [-0.2, -0.15) is 16.9 Å². The van der Waals surface area contributed by atoms with Crippen molar-refractivity contribution in [3.8, 4) is 0 Å². The van der Waals surface area contributed by atoms with Gasteiger partial charge in [0, 0.05) is 6.20 Å². The van der Waals surface area contributed by atoms with Crippen molar-refractivity contribution in [2.24, 2.45) is 0 Å². The van der Waals surface area contributed by atoms with Crippen LogP contribution in [-0.2, 0) is 0 Å².